The van der Waals surface area contributed by atoms with Gasteiger partial charge in [-0.15, -0.1) is 0 Å². The molecular formula is C11H8BrClFN3O. The van der Waals surface area contributed by atoms with Gasteiger partial charge in [0.15, 0.2) is 5.82 Å². The Bertz CT molecular complexity index is 565. The molecule has 2 rings (SSSR count). The quantitative estimate of drug-likeness (QED) is 0.810. The van der Waals surface area contributed by atoms with Crippen molar-refractivity contribution in [3.63, 3.8) is 0 Å². The van der Waals surface area contributed by atoms with Crippen LogP contribution in [0.5, 0.6) is 0 Å². The van der Waals surface area contributed by atoms with Crippen molar-refractivity contribution in [2.75, 3.05) is 7.11 Å². The number of nitrogens with zero attached hydrogens (tertiary/aromatic N) is 3. The lowest BCUT2D eigenvalue weighted by molar-refractivity contribution is 0.181. The van der Waals surface area contributed by atoms with E-state index in [1.54, 1.807) is 7.11 Å². The first kappa shape index (κ1) is 13.3. The van der Waals surface area contributed by atoms with Gasteiger partial charge in [0.25, 0.3) is 0 Å². The van der Waals surface area contributed by atoms with Crippen LogP contribution in [0.25, 0.3) is 11.5 Å². The smallest absolute Gasteiger partial charge is 0.179 e. The average Bonchev–Trinajstić information content (AvgIpc) is 2.36. The summed E-state index contributed by atoms with van der Waals surface area (Å²) in [6.07, 6.45) is 1.10. The molecule has 0 saturated carbocycles. The van der Waals surface area contributed by atoms with Gasteiger partial charge in [0.05, 0.1) is 23.0 Å². The Hall–Kier alpha value is -1.11. The van der Waals surface area contributed by atoms with Crippen LogP contribution in [0.4, 0.5) is 4.39 Å². The molecule has 0 aliphatic rings. The van der Waals surface area contributed by atoms with E-state index in [1.165, 1.54) is 12.1 Å². The molecule has 7 heteroatoms. The second-order valence-corrected chi connectivity index (χ2v) is 4.54. The Labute approximate surface area is 116 Å². The first-order chi connectivity index (χ1) is 8.61. The fourth-order valence-electron chi connectivity index (χ4n) is 1.32. The van der Waals surface area contributed by atoms with E-state index >= 15 is 0 Å². The van der Waals surface area contributed by atoms with Crippen LogP contribution >= 0.6 is 27.5 Å². The van der Waals surface area contributed by atoms with Gasteiger partial charge in [0.2, 0.25) is 0 Å². The van der Waals surface area contributed by atoms with Gasteiger partial charge in [-0.1, -0.05) is 11.6 Å². The zero-order valence-corrected chi connectivity index (χ0v) is 11.7. The highest BCUT2D eigenvalue weighted by molar-refractivity contribution is 9.10. The van der Waals surface area contributed by atoms with Crippen molar-refractivity contribution in [2.24, 2.45) is 0 Å². The topological polar surface area (TPSA) is 47.9 Å². The Morgan fingerprint density at radius 1 is 1.39 bits per heavy atom. The predicted octanol–water partition coefficient (Wildman–Crippen LogP) is 3.24. The van der Waals surface area contributed by atoms with Crippen LogP contribution in [0.2, 0.25) is 5.15 Å². The molecule has 0 spiro atoms. The number of hydrogen-bond donors (Lipinski definition) is 0. The molecule has 0 N–H and O–H groups in total. The summed E-state index contributed by atoms with van der Waals surface area (Å²) in [6, 6.07) is 2.78. The molecule has 94 valence electrons. The number of ether oxygens (including phenoxy) is 1. The van der Waals surface area contributed by atoms with E-state index in [4.69, 9.17) is 16.3 Å². The standard InChI is InChI=1S/C11H8BrClFN3O/c1-18-5-8-9(12)10(13)17-11(16-8)7-3-2-6(14)4-15-7/h2-4H,5H2,1H3. The summed E-state index contributed by atoms with van der Waals surface area (Å²) >= 11 is 9.26. The average molecular weight is 333 g/mol. The lowest BCUT2D eigenvalue weighted by atomic mass is 10.3. The van der Waals surface area contributed by atoms with Crippen LogP contribution in [-0.4, -0.2) is 22.1 Å². The van der Waals surface area contributed by atoms with Gasteiger partial charge < -0.3 is 4.74 Å². The number of halogens is 3. The number of methoxy groups -OCH3 is 1. The molecular weight excluding hydrogens is 324 g/mol. The summed E-state index contributed by atoms with van der Waals surface area (Å²) in [5.74, 6) is -0.0886. The van der Waals surface area contributed by atoms with Crippen LogP contribution in [0.1, 0.15) is 5.69 Å². The maximum atomic E-state index is 12.8. The zero-order chi connectivity index (χ0) is 13.1. The molecule has 18 heavy (non-hydrogen) atoms. The molecule has 0 bridgehead atoms. The van der Waals surface area contributed by atoms with Crippen molar-refractivity contribution < 1.29 is 9.13 Å². The second-order valence-electron chi connectivity index (χ2n) is 3.39. The fraction of sp³-hybridized carbons (Fsp3) is 0.182. The maximum Gasteiger partial charge on any atom is 0.179 e. The van der Waals surface area contributed by atoms with E-state index in [1.807, 2.05) is 0 Å². The Morgan fingerprint density at radius 2 is 2.17 bits per heavy atom. The molecule has 2 aromatic heterocycles. The second kappa shape index (κ2) is 5.69. The molecule has 0 aromatic carbocycles. The molecule has 2 aromatic rings. The molecule has 0 amide bonds. The van der Waals surface area contributed by atoms with Gasteiger partial charge >= 0.3 is 0 Å². The number of rotatable bonds is 3. The van der Waals surface area contributed by atoms with E-state index < -0.39 is 5.82 Å². The van der Waals surface area contributed by atoms with Gasteiger partial charge in [-0.25, -0.2) is 19.3 Å². The molecule has 0 fully saturated rings. The summed E-state index contributed by atoms with van der Waals surface area (Å²) in [4.78, 5) is 12.3. The van der Waals surface area contributed by atoms with E-state index in [2.05, 4.69) is 30.9 Å². The fourth-order valence-corrected chi connectivity index (χ4v) is 1.80. The van der Waals surface area contributed by atoms with Crippen molar-refractivity contribution in [1.82, 2.24) is 15.0 Å². The summed E-state index contributed by atoms with van der Waals surface area (Å²) in [5.41, 5.74) is 1.06. The molecule has 0 radical (unpaired) electrons. The van der Waals surface area contributed by atoms with Crippen molar-refractivity contribution >= 4 is 27.5 Å². The largest absolute Gasteiger partial charge is 0.378 e. The van der Waals surface area contributed by atoms with E-state index in [0.29, 0.717) is 21.7 Å². The van der Waals surface area contributed by atoms with Gasteiger partial charge in [-0.3, -0.25) is 0 Å². The van der Waals surface area contributed by atoms with Crippen LogP contribution in [-0.2, 0) is 11.3 Å². The van der Waals surface area contributed by atoms with E-state index in [-0.39, 0.29) is 11.8 Å². The predicted molar refractivity (Wildman–Crippen MR) is 68.6 cm³/mol. The minimum absolute atomic E-state index is 0.262. The number of pyridine rings is 1. The molecule has 0 unspecified atom stereocenters. The third-order valence-corrected chi connectivity index (χ3v) is 3.45. The number of aromatic nitrogens is 3. The summed E-state index contributed by atoms with van der Waals surface area (Å²) in [5, 5.41) is 0.262. The highest BCUT2D eigenvalue weighted by Crippen LogP contribution is 2.26. The minimum Gasteiger partial charge on any atom is -0.378 e. The van der Waals surface area contributed by atoms with Crippen molar-refractivity contribution in [3.8, 4) is 11.5 Å². The normalized spacial score (nSPS) is 10.7. The molecule has 2 heterocycles. The first-order valence-electron chi connectivity index (χ1n) is 4.94. The van der Waals surface area contributed by atoms with Crippen molar-refractivity contribution in [2.45, 2.75) is 6.61 Å². The Balaban J connectivity index is 2.48. The van der Waals surface area contributed by atoms with Gasteiger partial charge in [-0.2, -0.15) is 0 Å². The molecule has 4 nitrogen and oxygen atoms in total. The first-order valence-corrected chi connectivity index (χ1v) is 6.11. The van der Waals surface area contributed by atoms with Crippen molar-refractivity contribution in [1.29, 1.82) is 0 Å². The zero-order valence-electron chi connectivity index (χ0n) is 9.32. The number of hydrogen-bond acceptors (Lipinski definition) is 4. The molecule has 0 aliphatic carbocycles. The van der Waals surface area contributed by atoms with E-state index in [9.17, 15) is 4.39 Å². The van der Waals surface area contributed by atoms with Crippen LogP contribution in [0.15, 0.2) is 22.8 Å². The van der Waals surface area contributed by atoms with Gasteiger partial charge in [0.1, 0.15) is 16.7 Å². The van der Waals surface area contributed by atoms with Crippen molar-refractivity contribution in [3.05, 3.63) is 39.5 Å². The molecule has 0 atom stereocenters. The van der Waals surface area contributed by atoms with Crippen LogP contribution < -0.4 is 0 Å². The Kier molecular flexibility index (Phi) is 4.21. The summed E-state index contributed by atoms with van der Waals surface area (Å²) in [7, 11) is 1.55. The third kappa shape index (κ3) is 2.82. The van der Waals surface area contributed by atoms with E-state index in [0.717, 1.165) is 6.20 Å². The van der Waals surface area contributed by atoms with Crippen LogP contribution in [0.3, 0.4) is 0 Å². The highest BCUT2D eigenvalue weighted by atomic mass is 79.9. The lowest BCUT2D eigenvalue weighted by Gasteiger charge is -2.07. The molecule has 0 aliphatic heterocycles. The summed E-state index contributed by atoms with van der Waals surface area (Å²) in [6.45, 7) is 0.289. The SMILES string of the molecule is COCc1nc(-c2ccc(F)cn2)nc(Cl)c1Br. The third-order valence-electron chi connectivity index (χ3n) is 2.12. The lowest BCUT2D eigenvalue weighted by Crippen LogP contribution is -2.01. The monoisotopic (exact) mass is 331 g/mol. The van der Waals surface area contributed by atoms with Gasteiger partial charge in [0, 0.05) is 7.11 Å². The maximum absolute atomic E-state index is 12.8. The Morgan fingerprint density at radius 3 is 2.78 bits per heavy atom. The summed E-state index contributed by atoms with van der Waals surface area (Å²) < 4.78 is 18.4. The van der Waals surface area contributed by atoms with Gasteiger partial charge in [-0.05, 0) is 28.1 Å². The minimum atomic E-state index is -0.418. The van der Waals surface area contributed by atoms with Crippen LogP contribution in [0, 0.1) is 5.82 Å². The highest BCUT2D eigenvalue weighted by Gasteiger charge is 2.12. The molecule has 0 saturated heterocycles.